The minimum Gasteiger partial charge on any atom is -0.462 e. The normalized spacial score (nSPS) is 13.2. The maximum Gasteiger partial charge on any atom is 0.469 e. The number of phosphoric acid groups is 1. The summed E-state index contributed by atoms with van der Waals surface area (Å²) < 4.78 is 26.2. The van der Waals surface area contributed by atoms with Crippen LogP contribution in [0.3, 0.4) is 0 Å². The van der Waals surface area contributed by atoms with Crippen LogP contribution in [-0.4, -0.2) is 41.0 Å². The SMILES string of the molecule is CCCCC/C=C/C/C=C/C/C=C/C/C=C/CCCC(=O)OC[C@H](COP(=O)(O)O)OC(=O)CCCCCCC/C=C/CCCCCC. The number of ether oxygens (including phenoxy) is 2. The molecule has 0 bridgehead atoms. The first-order valence-corrected chi connectivity index (χ1v) is 20.1. The van der Waals surface area contributed by atoms with E-state index in [-0.39, 0.29) is 19.4 Å². The van der Waals surface area contributed by atoms with Crippen LogP contribution in [0.5, 0.6) is 0 Å². The highest BCUT2D eigenvalue weighted by atomic mass is 31.2. The van der Waals surface area contributed by atoms with Gasteiger partial charge in [-0.2, -0.15) is 0 Å². The molecule has 0 saturated heterocycles. The van der Waals surface area contributed by atoms with Crippen LogP contribution in [0.1, 0.15) is 155 Å². The van der Waals surface area contributed by atoms with Crippen molar-refractivity contribution in [2.75, 3.05) is 13.2 Å². The summed E-state index contributed by atoms with van der Waals surface area (Å²) in [6.45, 7) is 3.56. The molecule has 0 fully saturated rings. The third kappa shape index (κ3) is 36.6. The summed E-state index contributed by atoms with van der Waals surface area (Å²) in [5, 5.41) is 0. The number of hydrogen-bond donors (Lipinski definition) is 2. The molecule has 0 amide bonds. The van der Waals surface area contributed by atoms with Gasteiger partial charge in [0.2, 0.25) is 0 Å². The molecule has 1 atom stereocenters. The number of esters is 2. The van der Waals surface area contributed by atoms with Crippen molar-refractivity contribution in [2.24, 2.45) is 0 Å². The molecule has 0 aromatic heterocycles. The number of carbonyl (C=O) groups is 2. The number of phosphoric ester groups is 1. The highest BCUT2D eigenvalue weighted by Gasteiger charge is 2.22. The van der Waals surface area contributed by atoms with Gasteiger partial charge >= 0.3 is 19.8 Å². The molecular weight excluding hydrogens is 627 g/mol. The average molecular weight is 695 g/mol. The Kier molecular flexibility index (Phi) is 33.0. The summed E-state index contributed by atoms with van der Waals surface area (Å²) in [6.07, 6.45) is 42.3. The van der Waals surface area contributed by atoms with Crippen molar-refractivity contribution in [1.82, 2.24) is 0 Å². The van der Waals surface area contributed by atoms with Crippen LogP contribution >= 0.6 is 7.82 Å². The zero-order valence-electron chi connectivity index (χ0n) is 30.1. The lowest BCUT2D eigenvalue weighted by Gasteiger charge is -2.18. The van der Waals surface area contributed by atoms with Crippen molar-refractivity contribution in [3.63, 3.8) is 0 Å². The largest absolute Gasteiger partial charge is 0.469 e. The van der Waals surface area contributed by atoms with Gasteiger partial charge in [0.25, 0.3) is 0 Å². The standard InChI is InChI=1S/C39H67O8P/c1-3-5-7-9-11-13-15-17-18-19-20-22-23-25-27-29-31-33-38(40)45-35-37(36-46-48(42,43)44)47-39(41)34-32-30-28-26-24-21-16-14-12-10-8-6-4-2/h11,13-14,16-18,20,22,25,27,37H,3-10,12,15,19,21,23-24,26,28-36H2,1-2H3,(H2,42,43,44)/b13-11+,16-14+,18-17+,22-20+,27-25+/t37-/m1/s1. The highest BCUT2D eigenvalue weighted by molar-refractivity contribution is 7.46. The van der Waals surface area contributed by atoms with E-state index in [1.807, 2.05) is 6.08 Å². The summed E-state index contributed by atoms with van der Waals surface area (Å²) in [6, 6.07) is 0. The van der Waals surface area contributed by atoms with E-state index in [0.29, 0.717) is 12.8 Å². The second-order valence-electron chi connectivity index (χ2n) is 12.2. The number of hydrogen-bond acceptors (Lipinski definition) is 6. The van der Waals surface area contributed by atoms with Gasteiger partial charge < -0.3 is 19.3 Å². The van der Waals surface area contributed by atoms with Crippen LogP contribution in [0.2, 0.25) is 0 Å². The molecule has 8 nitrogen and oxygen atoms in total. The van der Waals surface area contributed by atoms with E-state index >= 15 is 0 Å². The second kappa shape index (κ2) is 34.6. The van der Waals surface area contributed by atoms with Crippen molar-refractivity contribution in [3.8, 4) is 0 Å². The van der Waals surface area contributed by atoms with E-state index in [1.54, 1.807) is 0 Å². The fourth-order valence-electron chi connectivity index (χ4n) is 4.71. The molecule has 0 spiro atoms. The van der Waals surface area contributed by atoms with Crippen molar-refractivity contribution < 1.29 is 37.9 Å². The molecule has 0 aliphatic rings. The van der Waals surface area contributed by atoms with Crippen LogP contribution in [-0.2, 0) is 28.2 Å². The van der Waals surface area contributed by atoms with Crippen molar-refractivity contribution in [1.29, 1.82) is 0 Å². The molecule has 276 valence electrons. The van der Waals surface area contributed by atoms with Crippen LogP contribution in [0.4, 0.5) is 0 Å². The lowest BCUT2D eigenvalue weighted by molar-refractivity contribution is -0.161. The summed E-state index contributed by atoms with van der Waals surface area (Å²) in [4.78, 5) is 42.6. The van der Waals surface area contributed by atoms with Gasteiger partial charge in [-0.15, -0.1) is 0 Å². The maximum absolute atomic E-state index is 12.3. The summed E-state index contributed by atoms with van der Waals surface area (Å²) in [5.41, 5.74) is 0. The second-order valence-corrected chi connectivity index (χ2v) is 13.4. The minimum atomic E-state index is -4.76. The van der Waals surface area contributed by atoms with Gasteiger partial charge in [0.15, 0.2) is 6.10 Å². The maximum atomic E-state index is 12.3. The molecule has 9 heteroatoms. The average Bonchev–Trinajstić information content (AvgIpc) is 3.05. The molecule has 0 aromatic carbocycles. The fraction of sp³-hybridized carbons (Fsp3) is 0.692. The van der Waals surface area contributed by atoms with Crippen LogP contribution in [0.15, 0.2) is 60.8 Å². The third-order valence-corrected chi connectivity index (χ3v) is 7.99. The molecule has 0 rings (SSSR count). The predicted octanol–water partition coefficient (Wildman–Crippen LogP) is 11.0. The van der Waals surface area contributed by atoms with E-state index in [0.717, 1.165) is 64.2 Å². The summed E-state index contributed by atoms with van der Waals surface area (Å²) in [5.74, 6) is -0.966. The third-order valence-electron chi connectivity index (χ3n) is 7.51. The molecule has 0 aliphatic heterocycles. The number of carbonyl (C=O) groups excluding carboxylic acids is 2. The number of rotatable bonds is 33. The van der Waals surface area contributed by atoms with E-state index in [9.17, 15) is 14.2 Å². The molecule has 2 N–H and O–H groups in total. The Morgan fingerprint density at radius 3 is 1.52 bits per heavy atom. The monoisotopic (exact) mass is 694 g/mol. The first-order valence-electron chi connectivity index (χ1n) is 18.6. The lowest BCUT2D eigenvalue weighted by atomic mass is 10.1. The molecular formula is C39H67O8P. The highest BCUT2D eigenvalue weighted by Crippen LogP contribution is 2.35. The molecule has 0 heterocycles. The Morgan fingerprint density at radius 2 is 0.958 bits per heavy atom. The van der Waals surface area contributed by atoms with E-state index in [1.165, 1.54) is 51.4 Å². The zero-order valence-corrected chi connectivity index (χ0v) is 31.0. The molecule has 0 saturated carbocycles. The number of allylic oxidation sites excluding steroid dienone is 10. The van der Waals surface area contributed by atoms with Gasteiger partial charge in [-0.25, -0.2) is 4.57 Å². The summed E-state index contributed by atoms with van der Waals surface area (Å²) >= 11 is 0. The number of unbranched alkanes of at least 4 members (excludes halogenated alkanes) is 13. The fourth-order valence-corrected chi connectivity index (χ4v) is 5.07. The lowest BCUT2D eigenvalue weighted by Crippen LogP contribution is -2.29. The van der Waals surface area contributed by atoms with Gasteiger partial charge in [0.05, 0.1) is 6.61 Å². The molecule has 48 heavy (non-hydrogen) atoms. The van der Waals surface area contributed by atoms with Crippen LogP contribution < -0.4 is 0 Å². The molecule has 0 aromatic rings. The Labute approximate surface area is 292 Å². The smallest absolute Gasteiger partial charge is 0.462 e. The van der Waals surface area contributed by atoms with E-state index < -0.39 is 32.5 Å². The van der Waals surface area contributed by atoms with Gasteiger partial charge in [-0.3, -0.25) is 14.1 Å². The first kappa shape index (κ1) is 45.8. The van der Waals surface area contributed by atoms with Gasteiger partial charge in [-0.1, -0.05) is 126 Å². The van der Waals surface area contributed by atoms with Gasteiger partial charge in [0, 0.05) is 12.8 Å². The van der Waals surface area contributed by atoms with Crippen molar-refractivity contribution in [3.05, 3.63) is 60.8 Å². The van der Waals surface area contributed by atoms with E-state index in [2.05, 4.69) is 73.1 Å². The van der Waals surface area contributed by atoms with Gasteiger partial charge in [0.1, 0.15) is 6.61 Å². The molecule has 0 unspecified atom stereocenters. The van der Waals surface area contributed by atoms with Gasteiger partial charge in [-0.05, 0) is 77.0 Å². The van der Waals surface area contributed by atoms with E-state index in [4.69, 9.17) is 19.3 Å². The summed E-state index contributed by atoms with van der Waals surface area (Å²) in [7, 11) is -4.76. The zero-order chi connectivity index (χ0) is 35.4. The minimum absolute atomic E-state index is 0.187. The first-order chi connectivity index (χ1) is 23.3. The van der Waals surface area contributed by atoms with Crippen molar-refractivity contribution in [2.45, 2.75) is 161 Å². The molecule has 0 aliphatic carbocycles. The van der Waals surface area contributed by atoms with Crippen molar-refractivity contribution >= 4 is 19.8 Å². The Balaban J connectivity index is 4.10. The quantitative estimate of drug-likeness (QED) is 0.0301. The predicted molar refractivity (Wildman–Crippen MR) is 197 cm³/mol. The molecule has 0 radical (unpaired) electrons. The van der Waals surface area contributed by atoms with Crippen LogP contribution in [0, 0.1) is 0 Å². The Bertz CT molecular complexity index is 963. The Morgan fingerprint density at radius 1 is 0.542 bits per heavy atom. The Hall–Kier alpha value is -2.25. The van der Waals surface area contributed by atoms with Crippen LogP contribution in [0.25, 0.3) is 0 Å². The topological polar surface area (TPSA) is 119 Å².